The Hall–Kier alpha value is -1.52. The number of benzene rings is 1. The van der Waals surface area contributed by atoms with Crippen molar-refractivity contribution in [2.45, 2.75) is 51.7 Å². The van der Waals surface area contributed by atoms with Gasteiger partial charge in [-0.05, 0) is 69.3 Å². The van der Waals surface area contributed by atoms with E-state index in [1.807, 2.05) is 6.07 Å². The number of methoxy groups -OCH3 is 1. The zero-order valence-corrected chi connectivity index (χ0v) is 14.7. The average Bonchev–Trinajstić information content (AvgIpc) is 2.76. The summed E-state index contributed by atoms with van der Waals surface area (Å²) in [6, 6.07) is 6.21. The summed E-state index contributed by atoms with van der Waals surface area (Å²) < 4.78 is 17.8. The van der Waals surface area contributed by atoms with Crippen molar-refractivity contribution >= 4 is 18.2 Å². The van der Waals surface area contributed by atoms with Crippen molar-refractivity contribution in [3.05, 3.63) is 42.0 Å². The first-order valence-electron chi connectivity index (χ1n) is 8.24. The molecular weight excluding hydrogens is 287 g/mol. The van der Waals surface area contributed by atoms with E-state index < -0.39 is 0 Å². The van der Waals surface area contributed by atoms with Crippen LogP contribution in [0.2, 0.25) is 0 Å². The lowest BCUT2D eigenvalue weighted by molar-refractivity contribution is 0.00578. The molecule has 0 aromatic heterocycles. The van der Waals surface area contributed by atoms with Gasteiger partial charge >= 0.3 is 7.12 Å². The van der Waals surface area contributed by atoms with Gasteiger partial charge in [-0.1, -0.05) is 24.3 Å². The molecule has 3 nitrogen and oxygen atoms in total. The lowest BCUT2D eigenvalue weighted by Crippen LogP contribution is -2.41. The molecule has 0 N–H and O–H groups in total. The first-order valence-corrected chi connectivity index (χ1v) is 8.24. The second-order valence-electron chi connectivity index (χ2n) is 7.22. The van der Waals surface area contributed by atoms with E-state index in [4.69, 9.17) is 14.0 Å². The monoisotopic (exact) mass is 312 g/mol. The van der Waals surface area contributed by atoms with Crippen molar-refractivity contribution < 1.29 is 14.0 Å². The fraction of sp³-hybridized carbons (Fsp3) is 0.474. The number of allylic oxidation sites excluding steroid dienone is 4. The van der Waals surface area contributed by atoms with E-state index in [0.29, 0.717) is 0 Å². The summed E-state index contributed by atoms with van der Waals surface area (Å²) in [7, 11) is 1.32. The fourth-order valence-electron chi connectivity index (χ4n) is 2.85. The summed E-state index contributed by atoms with van der Waals surface area (Å²) in [6.07, 6.45) is 8.84. The maximum absolute atomic E-state index is 6.18. The smallest absolute Gasteiger partial charge is 0.494 e. The minimum Gasteiger partial charge on any atom is -0.497 e. The molecule has 1 fully saturated rings. The highest BCUT2D eigenvalue weighted by molar-refractivity contribution is 6.62. The molecule has 1 heterocycles. The third-order valence-electron chi connectivity index (χ3n) is 5.02. The molecule has 0 radical (unpaired) electrons. The van der Waals surface area contributed by atoms with Gasteiger partial charge in [0.15, 0.2) is 0 Å². The molecule has 0 amide bonds. The molecule has 0 unspecified atom stereocenters. The van der Waals surface area contributed by atoms with Gasteiger partial charge in [0.05, 0.1) is 18.3 Å². The highest BCUT2D eigenvalue weighted by Crippen LogP contribution is 2.37. The fourth-order valence-corrected chi connectivity index (χ4v) is 2.85. The minimum atomic E-state index is -0.373. The maximum atomic E-state index is 6.18. The van der Waals surface area contributed by atoms with Gasteiger partial charge in [0.25, 0.3) is 0 Å². The van der Waals surface area contributed by atoms with Gasteiger partial charge in [-0.2, -0.15) is 0 Å². The van der Waals surface area contributed by atoms with Crippen LogP contribution in [0.25, 0.3) is 5.57 Å². The van der Waals surface area contributed by atoms with E-state index in [2.05, 4.69) is 58.1 Å². The molecule has 1 aromatic rings. The van der Waals surface area contributed by atoms with Gasteiger partial charge in [0, 0.05) is 0 Å². The average molecular weight is 312 g/mol. The summed E-state index contributed by atoms with van der Waals surface area (Å²) in [6.45, 7) is 8.28. The Bertz CT molecular complexity index is 643. The second-order valence-corrected chi connectivity index (χ2v) is 7.22. The molecule has 1 saturated heterocycles. The van der Waals surface area contributed by atoms with E-state index in [1.54, 1.807) is 7.11 Å². The quantitative estimate of drug-likeness (QED) is 0.796. The van der Waals surface area contributed by atoms with Gasteiger partial charge in [-0.3, -0.25) is 0 Å². The number of rotatable bonds is 3. The first-order chi connectivity index (χ1) is 10.8. The van der Waals surface area contributed by atoms with E-state index in [0.717, 1.165) is 29.6 Å². The maximum Gasteiger partial charge on any atom is 0.494 e. The largest absolute Gasteiger partial charge is 0.497 e. The molecule has 122 valence electrons. The van der Waals surface area contributed by atoms with Crippen LogP contribution in [0, 0.1) is 0 Å². The van der Waals surface area contributed by atoms with E-state index in [1.165, 1.54) is 5.57 Å². The van der Waals surface area contributed by atoms with Crippen molar-refractivity contribution in [3.8, 4) is 5.75 Å². The Morgan fingerprint density at radius 3 is 2.26 bits per heavy atom. The molecule has 3 rings (SSSR count). The SMILES string of the molecule is COc1cc(B2OC(C)(C)C(C)(C)O2)cc(C2=CCCC=C2)c1. The molecule has 23 heavy (non-hydrogen) atoms. The minimum absolute atomic E-state index is 0.342. The third-order valence-corrected chi connectivity index (χ3v) is 5.02. The highest BCUT2D eigenvalue weighted by atomic mass is 16.7. The van der Waals surface area contributed by atoms with Gasteiger partial charge in [-0.25, -0.2) is 0 Å². The summed E-state index contributed by atoms with van der Waals surface area (Å²) in [5.41, 5.74) is 2.69. The number of hydrogen-bond donors (Lipinski definition) is 0. The van der Waals surface area contributed by atoms with Crippen molar-refractivity contribution in [2.75, 3.05) is 7.11 Å². The Kier molecular flexibility index (Phi) is 4.15. The second kappa shape index (κ2) is 5.84. The van der Waals surface area contributed by atoms with Crippen LogP contribution in [0.5, 0.6) is 5.75 Å². The van der Waals surface area contributed by atoms with Crippen LogP contribution in [-0.4, -0.2) is 25.4 Å². The van der Waals surface area contributed by atoms with E-state index >= 15 is 0 Å². The van der Waals surface area contributed by atoms with Crippen molar-refractivity contribution in [1.82, 2.24) is 0 Å². The predicted molar refractivity (Wildman–Crippen MR) is 95.1 cm³/mol. The van der Waals surface area contributed by atoms with Crippen molar-refractivity contribution in [2.24, 2.45) is 0 Å². The summed E-state index contributed by atoms with van der Waals surface area (Å²) in [4.78, 5) is 0. The van der Waals surface area contributed by atoms with Crippen molar-refractivity contribution in [3.63, 3.8) is 0 Å². The Morgan fingerprint density at radius 1 is 1.00 bits per heavy atom. The molecule has 0 spiro atoms. The Morgan fingerprint density at radius 2 is 1.70 bits per heavy atom. The lowest BCUT2D eigenvalue weighted by Gasteiger charge is -2.32. The highest BCUT2D eigenvalue weighted by Gasteiger charge is 2.51. The third kappa shape index (κ3) is 3.10. The molecule has 0 bridgehead atoms. The van der Waals surface area contributed by atoms with Crippen LogP contribution in [0.4, 0.5) is 0 Å². The molecule has 1 aliphatic heterocycles. The summed E-state index contributed by atoms with van der Waals surface area (Å²) in [5.74, 6) is 0.826. The molecule has 4 heteroatoms. The van der Waals surface area contributed by atoms with Crippen LogP contribution < -0.4 is 10.2 Å². The molecule has 1 aliphatic carbocycles. The zero-order valence-electron chi connectivity index (χ0n) is 14.7. The normalized spacial score (nSPS) is 22.1. The lowest BCUT2D eigenvalue weighted by atomic mass is 9.77. The predicted octanol–water partition coefficient (Wildman–Crippen LogP) is 3.73. The van der Waals surface area contributed by atoms with Crippen LogP contribution in [0.15, 0.2) is 36.4 Å². The Labute approximate surface area is 139 Å². The van der Waals surface area contributed by atoms with Gasteiger partial charge < -0.3 is 14.0 Å². The molecule has 0 saturated carbocycles. The van der Waals surface area contributed by atoms with Gasteiger partial charge in [0.1, 0.15) is 5.75 Å². The van der Waals surface area contributed by atoms with Crippen molar-refractivity contribution in [1.29, 1.82) is 0 Å². The number of ether oxygens (including phenoxy) is 1. The van der Waals surface area contributed by atoms with Gasteiger partial charge in [-0.15, -0.1) is 0 Å². The first kappa shape index (κ1) is 16.3. The molecule has 2 aliphatic rings. The van der Waals surface area contributed by atoms with E-state index in [9.17, 15) is 0 Å². The summed E-state index contributed by atoms with van der Waals surface area (Å²) in [5, 5.41) is 0. The van der Waals surface area contributed by atoms with Gasteiger partial charge in [0.2, 0.25) is 0 Å². The van der Waals surface area contributed by atoms with Crippen LogP contribution >= 0.6 is 0 Å². The number of hydrogen-bond acceptors (Lipinski definition) is 3. The topological polar surface area (TPSA) is 27.7 Å². The molecule has 0 atom stereocenters. The van der Waals surface area contributed by atoms with Crippen LogP contribution in [-0.2, 0) is 9.31 Å². The standard InChI is InChI=1S/C19H25BO3/c1-18(2)19(3,4)23-20(22-18)16-11-15(12-17(13-16)21-5)14-9-7-6-8-10-14/h7,9-13H,6,8H2,1-5H3. The molecule has 1 aromatic carbocycles. The van der Waals surface area contributed by atoms with E-state index in [-0.39, 0.29) is 18.3 Å². The molecular formula is C19H25BO3. The summed E-state index contributed by atoms with van der Waals surface area (Å²) >= 11 is 0. The van der Waals surface area contributed by atoms with Crippen LogP contribution in [0.1, 0.15) is 46.1 Å². The Balaban J connectivity index is 1.97. The zero-order chi connectivity index (χ0) is 16.7. The van der Waals surface area contributed by atoms with Crippen LogP contribution in [0.3, 0.4) is 0 Å².